The van der Waals surface area contributed by atoms with Gasteiger partial charge in [-0.1, -0.05) is 6.92 Å². The first-order chi connectivity index (χ1) is 8.60. The normalized spacial score (nSPS) is 22.1. The number of benzene rings is 1. The second kappa shape index (κ2) is 5.29. The Morgan fingerprint density at radius 3 is 2.78 bits per heavy atom. The molecule has 1 saturated carbocycles. The summed E-state index contributed by atoms with van der Waals surface area (Å²) in [6, 6.07) is 5.48. The number of hydrogen-bond acceptors (Lipinski definition) is 3. The molecule has 0 heterocycles. The van der Waals surface area contributed by atoms with E-state index in [1.54, 1.807) is 18.2 Å². The molecule has 4 heteroatoms. The first-order valence-corrected chi connectivity index (χ1v) is 6.43. The number of carbonyl (C=O) groups excluding carboxylic acids is 1. The summed E-state index contributed by atoms with van der Waals surface area (Å²) >= 11 is 0. The van der Waals surface area contributed by atoms with E-state index in [0.717, 1.165) is 18.8 Å². The van der Waals surface area contributed by atoms with Gasteiger partial charge in [-0.15, -0.1) is 0 Å². The molecular weight excluding hydrogens is 228 g/mol. The fourth-order valence-corrected chi connectivity index (χ4v) is 2.27. The smallest absolute Gasteiger partial charge is 0.251 e. The minimum atomic E-state index is -0.0540. The average molecular weight is 248 g/mol. The number of nitrogen functional groups attached to an aromatic ring is 1. The predicted molar refractivity (Wildman–Crippen MR) is 71.7 cm³/mol. The van der Waals surface area contributed by atoms with Gasteiger partial charge >= 0.3 is 0 Å². The second-order valence-electron chi connectivity index (χ2n) is 4.93. The SMILES string of the molecule is CCOc1ccc(C(=O)NC2CC(C)C2)cc1N. The van der Waals surface area contributed by atoms with E-state index in [4.69, 9.17) is 10.5 Å². The van der Waals surface area contributed by atoms with E-state index in [9.17, 15) is 4.79 Å². The van der Waals surface area contributed by atoms with Crippen LogP contribution in [0.3, 0.4) is 0 Å². The van der Waals surface area contributed by atoms with Crippen LogP contribution in [-0.4, -0.2) is 18.6 Å². The van der Waals surface area contributed by atoms with Crippen LogP contribution >= 0.6 is 0 Å². The van der Waals surface area contributed by atoms with Crippen molar-refractivity contribution < 1.29 is 9.53 Å². The van der Waals surface area contributed by atoms with Crippen LogP contribution in [-0.2, 0) is 0 Å². The summed E-state index contributed by atoms with van der Waals surface area (Å²) < 4.78 is 5.34. The monoisotopic (exact) mass is 248 g/mol. The topological polar surface area (TPSA) is 64.3 Å². The highest BCUT2D eigenvalue weighted by atomic mass is 16.5. The van der Waals surface area contributed by atoms with Crippen LogP contribution in [0.1, 0.15) is 37.0 Å². The van der Waals surface area contributed by atoms with Gasteiger partial charge in [0.05, 0.1) is 12.3 Å². The maximum atomic E-state index is 12.0. The molecule has 1 aliphatic carbocycles. The Kier molecular flexibility index (Phi) is 3.75. The van der Waals surface area contributed by atoms with E-state index in [-0.39, 0.29) is 5.91 Å². The minimum absolute atomic E-state index is 0.0540. The third-order valence-corrected chi connectivity index (χ3v) is 3.28. The summed E-state index contributed by atoms with van der Waals surface area (Å²) in [5, 5.41) is 3.01. The lowest BCUT2D eigenvalue weighted by Gasteiger charge is -2.33. The number of amides is 1. The van der Waals surface area contributed by atoms with Gasteiger partial charge in [0.25, 0.3) is 5.91 Å². The number of carbonyl (C=O) groups is 1. The Morgan fingerprint density at radius 1 is 1.50 bits per heavy atom. The van der Waals surface area contributed by atoms with Crippen molar-refractivity contribution in [3.63, 3.8) is 0 Å². The summed E-state index contributed by atoms with van der Waals surface area (Å²) in [4.78, 5) is 12.0. The quantitative estimate of drug-likeness (QED) is 0.803. The number of ether oxygens (including phenoxy) is 1. The Hall–Kier alpha value is -1.71. The fourth-order valence-electron chi connectivity index (χ4n) is 2.27. The number of hydrogen-bond donors (Lipinski definition) is 2. The van der Waals surface area contributed by atoms with Crippen molar-refractivity contribution in [1.82, 2.24) is 5.32 Å². The zero-order chi connectivity index (χ0) is 13.1. The van der Waals surface area contributed by atoms with Crippen molar-refractivity contribution in [2.45, 2.75) is 32.7 Å². The molecule has 2 rings (SSSR count). The van der Waals surface area contributed by atoms with Crippen molar-refractivity contribution in [2.75, 3.05) is 12.3 Å². The molecule has 18 heavy (non-hydrogen) atoms. The summed E-state index contributed by atoms with van der Waals surface area (Å²) in [6.45, 7) is 4.66. The maximum absolute atomic E-state index is 12.0. The van der Waals surface area contributed by atoms with E-state index in [1.165, 1.54) is 0 Å². The molecule has 1 aromatic carbocycles. The van der Waals surface area contributed by atoms with Crippen molar-refractivity contribution in [1.29, 1.82) is 0 Å². The molecule has 1 amide bonds. The van der Waals surface area contributed by atoms with Gasteiger partial charge < -0.3 is 15.8 Å². The van der Waals surface area contributed by atoms with Crippen molar-refractivity contribution in [3.8, 4) is 5.75 Å². The van der Waals surface area contributed by atoms with Crippen molar-refractivity contribution in [3.05, 3.63) is 23.8 Å². The zero-order valence-electron chi connectivity index (χ0n) is 10.9. The summed E-state index contributed by atoms with van der Waals surface area (Å²) in [5.74, 6) is 1.30. The highest BCUT2D eigenvalue weighted by Gasteiger charge is 2.26. The van der Waals surface area contributed by atoms with Gasteiger partial charge in [-0.25, -0.2) is 0 Å². The molecule has 1 fully saturated rings. The molecule has 0 radical (unpaired) electrons. The van der Waals surface area contributed by atoms with Crippen LogP contribution in [0.4, 0.5) is 5.69 Å². The van der Waals surface area contributed by atoms with Gasteiger partial charge in [-0.05, 0) is 43.9 Å². The molecule has 1 aromatic rings. The third kappa shape index (κ3) is 2.75. The summed E-state index contributed by atoms with van der Waals surface area (Å²) in [5.41, 5.74) is 6.94. The molecule has 4 nitrogen and oxygen atoms in total. The second-order valence-corrected chi connectivity index (χ2v) is 4.93. The Morgan fingerprint density at radius 2 is 2.22 bits per heavy atom. The van der Waals surface area contributed by atoms with Crippen LogP contribution in [0.15, 0.2) is 18.2 Å². The zero-order valence-corrected chi connectivity index (χ0v) is 10.9. The van der Waals surface area contributed by atoms with Crippen LogP contribution in [0.5, 0.6) is 5.75 Å². The Bertz CT molecular complexity index is 439. The van der Waals surface area contributed by atoms with Gasteiger partial charge in [0.15, 0.2) is 0 Å². The molecule has 1 aliphatic rings. The Labute approximate surface area is 108 Å². The lowest BCUT2D eigenvalue weighted by Crippen LogP contribution is -2.43. The Balaban J connectivity index is 2.00. The molecule has 3 N–H and O–H groups in total. The van der Waals surface area contributed by atoms with E-state index >= 15 is 0 Å². The molecule has 0 aromatic heterocycles. The molecule has 0 aliphatic heterocycles. The van der Waals surface area contributed by atoms with Gasteiger partial charge in [0, 0.05) is 11.6 Å². The maximum Gasteiger partial charge on any atom is 0.251 e. The van der Waals surface area contributed by atoms with E-state index in [2.05, 4.69) is 12.2 Å². The average Bonchev–Trinajstić information content (AvgIpc) is 2.30. The van der Waals surface area contributed by atoms with Crippen LogP contribution in [0.2, 0.25) is 0 Å². The molecule has 0 saturated heterocycles. The standard InChI is InChI=1S/C14H20N2O2/c1-3-18-13-5-4-10(8-12(13)15)14(17)16-11-6-9(2)7-11/h4-5,8-9,11H,3,6-7,15H2,1-2H3,(H,16,17). The van der Waals surface area contributed by atoms with E-state index < -0.39 is 0 Å². The van der Waals surface area contributed by atoms with Crippen molar-refractivity contribution in [2.24, 2.45) is 5.92 Å². The summed E-state index contributed by atoms with van der Waals surface area (Å²) in [6.07, 6.45) is 2.14. The molecule has 0 unspecified atom stereocenters. The highest BCUT2D eigenvalue weighted by molar-refractivity contribution is 5.95. The van der Waals surface area contributed by atoms with Gasteiger partial charge in [-0.3, -0.25) is 4.79 Å². The molecular formula is C14H20N2O2. The fraction of sp³-hybridized carbons (Fsp3) is 0.500. The van der Waals surface area contributed by atoms with E-state index in [1.807, 2.05) is 6.92 Å². The number of anilines is 1. The first kappa shape index (κ1) is 12.7. The molecule has 0 spiro atoms. The highest BCUT2D eigenvalue weighted by Crippen LogP contribution is 2.27. The van der Waals surface area contributed by atoms with Crippen LogP contribution in [0.25, 0.3) is 0 Å². The van der Waals surface area contributed by atoms with E-state index in [0.29, 0.717) is 29.6 Å². The van der Waals surface area contributed by atoms with Gasteiger partial charge in [0.1, 0.15) is 5.75 Å². The van der Waals surface area contributed by atoms with Crippen LogP contribution < -0.4 is 15.8 Å². The first-order valence-electron chi connectivity index (χ1n) is 6.43. The number of rotatable bonds is 4. The largest absolute Gasteiger partial charge is 0.492 e. The predicted octanol–water partition coefficient (Wildman–Crippen LogP) is 2.20. The lowest BCUT2D eigenvalue weighted by atomic mass is 9.82. The number of nitrogens with two attached hydrogens (primary N) is 1. The molecule has 98 valence electrons. The minimum Gasteiger partial charge on any atom is -0.492 e. The summed E-state index contributed by atoms with van der Waals surface area (Å²) in [7, 11) is 0. The molecule has 0 bridgehead atoms. The van der Waals surface area contributed by atoms with Crippen LogP contribution in [0, 0.1) is 5.92 Å². The lowest BCUT2D eigenvalue weighted by molar-refractivity contribution is 0.0896. The third-order valence-electron chi connectivity index (χ3n) is 3.28. The van der Waals surface area contributed by atoms with Gasteiger partial charge in [-0.2, -0.15) is 0 Å². The molecule has 0 atom stereocenters. The van der Waals surface area contributed by atoms with Crippen molar-refractivity contribution >= 4 is 11.6 Å². The number of nitrogens with one attached hydrogen (secondary N) is 1. The van der Waals surface area contributed by atoms with Gasteiger partial charge in [0.2, 0.25) is 0 Å².